The van der Waals surface area contributed by atoms with Gasteiger partial charge in [-0.3, -0.25) is 9.59 Å². The van der Waals surface area contributed by atoms with Crippen LogP contribution in [0.4, 0.5) is 0 Å². The fourth-order valence-corrected chi connectivity index (χ4v) is 6.31. The number of esters is 2. The predicted octanol–water partition coefficient (Wildman–Crippen LogP) is -0.212. The number of carboxylic acid groups (broad SMARTS) is 1. The molecule has 2 rings (SSSR count). The van der Waals surface area contributed by atoms with Crippen LogP contribution < -0.4 is 0 Å². The van der Waals surface area contributed by atoms with Crippen molar-refractivity contribution in [1.82, 2.24) is 0 Å². The van der Waals surface area contributed by atoms with E-state index in [1.807, 2.05) is 6.92 Å². The lowest BCUT2D eigenvalue weighted by molar-refractivity contribution is -0.361. The van der Waals surface area contributed by atoms with Gasteiger partial charge in [0.2, 0.25) is 0 Å². The number of ether oxygens (including phenoxy) is 6. The Hall–Kier alpha value is -2.07. The van der Waals surface area contributed by atoms with Crippen molar-refractivity contribution in [2.24, 2.45) is 0 Å². The van der Waals surface area contributed by atoms with E-state index in [0.29, 0.717) is 32.1 Å². The van der Waals surface area contributed by atoms with Crippen LogP contribution >= 0.6 is 0 Å². The molecule has 13 atom stereocenters. The van der Waals surface area contributed by atoms with Gasteiger partial charge in [-0.15, -0.1) is 0 Å². The highest BCUT2D eigenvalue weighted by Gasteiger charge is 2.52. The first-order valence-corrected chi connectivity index (χ1v) is 19.2. The Balaban J connectivity index is 1.95. The van der Waals surface area contributed by atoms with Gasteiger partial charge in [-0.25, -0.2) is 4.79 Å². The summed E-state index contributed by atoms with van der Waals surface area (Å²) in [4.78, 5) is 35.1. The molecule has 0 spiro atoms. The number of aliphatic hydroxyl groups is 8. The third-order valence-electron chi connectivity index (χ3n) is 9.52. The van der Waals surface area contributed by atoms with Gasteiger partial charge in [0.05, 0.1) is 31.8 Å². The van der Waals surface area contributed by atoms with Crippen molar-refractivity contribution in [3.05, 3.63) is 0 Å². The van der Waals surface area contributed by atoms with Crippen molar-refractivity contribution in [2.45, 2.75) is 190 Å². The minimum Gasteiger partial charge on any atom is -0.479 e. The molecule has 0 aromatic carbocycles. The molecular formula is C36H64O18. The summed E-state index contributed by atoms with van der Waals surface area (Å²) in [6.45, 7) is 1.57. The zero-order valence-electron chi connectivity index (χ0n) is 31.4. The van der Waals surface area contributed by atoms with E-state index in [-0.39, 0.29) is 13.0 Å². The van der Waals surface area contributed by atoms with Crippen LogP contribution in [0.3, 0.4) is 0 Å². The number of hydrogen-bond donors (Lipinski definition) is 9. The molecule has 9 N–H and O–H groups in total. The van der Waals surface area contributed by atoms with E-state index in [1.165, 1.54) is 0 Å². The van der Waals surface area contributed by atoms with Crippen LogP contribution in [-0.2, 0) is 42.8 Å². The highest BCUT2D eigenvalue weighted by Crippen LogP contribution is 2.31. The van der Waals surface area contributed by atoms with Gasteiger partial charge in [-0.05, 0) is 19.3 Å². The van der Waals surface area contributed by atoms with Crippen molar-refractivity contribution in [3.8, 4) is 0 Å². The van der Waals surface area contributed by atoms with Crippen LogP contribution in [0.2, 0.25) is 0 Å². The smallest absolute Gasteiger partial charge is 0.332 e. The van der Waals surface area contributed by atoms with Crippen LogP contribution in [0, 0.1) is 0 Å². The predicted molar refractivity (Wildman–Crippen MR) is 186 cm³/mol. The fraction of sp³-hybridized carbons (Fsp3) is 0.917. The fourth-order valence-electron chi connectivity index (χ4n) is 6.31. The molecule has 2 aliphatic rings. The second kappa shape index (κ2) is 26.0. The van der Waals surface area contributed by atoms with E-state index in [0.717, 1.165) is 58.3 Å². The number of carbonyl (C=O) groups is 3. The molecule has 0 saturated carbocycles. The lowest BCUT2D eigenvalue weighted by Crippen LogP contribution is -2.65. The number of unbranched alkanes of at least 4 members (excludes halogenated alkanes) is 9. The Labute approximate surface area is 316 Å². The van der Waals surface area contributed by atoms with E-state index in [1.54, 1.807) is 0 Å². The molecular weight excluding hydrogens is 720 g/mol. The number of aliphatic hydroxyl groups excluding tert-OH is 8. The Bertz CT molecular complexity index is 1060. The second-order valence-electron chi connectivity index (χ2n) is 14.2. The van der Waals surface area contributed by atoms with Crippen LogP contribution in [-0.4, -0.2) is 163 Å². The largest absolute Gasteiger partial charge is 0.479 e. The maximum Gasteiger partial charge on any atom is 0.332 e. The summed E-state index contributed by atoms with van der Waals surface area (Å²) in [5.74, 6) is -2.86. The van der Waals surface area contributed by atoms with Gasteiger partial charge in [-0.2, -0.15) is 0 Å². The second-order valence-corrected chi connectivity index (χ2v) is 14.2. The Morgan fingerprint density at radius 3 is 1.83 bits per heavy atom. The van der Waals surface area contributed by atoms with E-state index < -0.39 is 117 Å². The zero-order valence-corrected chi connectivity index (χ0v) is 31.4. The van der Waals surface area contributed by atoms with E-state index in [2.05, 4.69) is 0 Å². The zero-order chi connectivity index (χ0) is 40.2. The van der Waals surface area contributed by atoms with Gasteiger partial charge in [0, 0.05) is 6.92 Å². The van der Waals surface area contributed by atoms with Crippen molar-refractivity contribution in [3.63, 3.8) is 0 Å². The lowest BCUT2D eigenvalue weighted by Gasteiger charge is -2.46. The molecule has 0 amide bonds. The first-order chi connectivity index (χ1) is 25.7. The first kappa shape index (κ1) is 48.1. The molecule has 3 unspecified atom stereocenters. The number of hydrogen-bond acceptors (Lipinski definition) is 17. The maximum absolute atomic E-state index is 12.7. The van der Waals surface area contributed by atoms with Gasteiger partial charge < -0.3 is 74.4 Å². The molecule has 2 fully saturated rings. The minimum atomic E-state index is -1.84. The first-order valence-electron chi connectivity index (χ1n) is 19.2. The standard InChI is InChI=1S/C36H64O18/c1-3-4-11-14-22(39)17-27(42)53-33-29(44)28(43)25(18-37)51-36(33)54-32-26(20-49-21(2)38)52-35(31(46)30(32)45)50-19-23(40)15-12-9-7-5-6-8-10-13-16-24(41)34(47)48/h22-26,28-33,35-37,39-41,43-46H,3-20H2,1-2H3,(H,47,48)/t22?,23?,24?,25-,26-,28-,29+,30-,31-,32-,33-,35-,36+/m1/s1. The summed E-state index contributed by atoms with van der Waals surface area (Å²) >= 11 is 0. The molecule has 0 radical (unpaired) electrons. The van der Waals surface area contributed by atoms with Crippen LogP contribution in [0.1, 0.15) is 110 Å². The summed E-state index contributed by atoms with van der Waals surface area (Å²) in [6, 6.07) is 0. The van der Waals surface area contributed by atoms with Gasteiger partial charge in [0.25, 0.3) is 0 Å². The van der Waals surface area contributed by atoms with Crippen molar-refractivity contribution < 1.29 is 88.8 Å². The Kier molecular flexibility index (Phi) is 23.1. The van der Waals surface area contributed by atoms with Crippen LogP contribution in [0.5, 0.6) is 0 Å². The molecule has 54 heavy (non-hydrogen) atoms. The highest BCUT2D eigenvalue weighted by atomic mass is 16.8. The molecule has 18 heteroatoms. The average molecular weight is 785 g/mol. The topological polar surface area (TPSA) is 289 Å². The molecule has 316 valence electrons. The van der Waals surface area contributed by atoms with Gasteiger partial charge in [-0.1, -0.05) is 77.6 Å². The number of rotatable bonds is 27. The summed E-state index contributed by atoms with van der Waals surface area (Å²) in [7, 11) is 0. The van der Waals surface area contributed by atoms with E-state index >= 15 is 0 Å². The van der Waals surface area contributed by atoms with Crippen LogP contribution in [0.15, 0.2) is 0 Å². The van der Waals surface area contributed by atoms with Gasteiger partial charge in [0.15, 0.2) is 24.8 Å². The Morgan fingerprint density at radius 2 is 1.24 bits per heavy atom. The van der Waals surface area contributed by atoms with Crippen molar-refractivity contribution >= 4 is 17.9 Å². The number of carboxylic acids is 1. The SMILES string of the molecule is CCCCCC(O)CC(=O)O[C@H]1[C@H](O[C@H]2[C@H](O)[C@@H](O)[C@H](OCC(O)CCCCCCCCCCC(O)C(=O)O)O[C@@H]2COC(C)=O)O[C@H](CO)[C@@H](O)[C@@H]1O. The minimum absolute atomic E-state index is 0.238. The molecule has 0 aliphatic carbocycles. The molecule has 0 bridgehead atoms. The van der Waals surface area contributed by atoms with Crippen molar-refractivity contribution in [1.29, 1.82) is 0 Å². The average Bonchev–Trinajstić information content (AvgIpc) is 3.12. The molecule has 2 aliphatic heterocycles. The van der Waals surface area contributed by atoms with Gasteiger partial charge >= 0.3 is 17.9 Å². The molecule has 2 heterocycles. The third-order valence-corrected chi connectivity index (χ3v) is 9.52. The quantitative estimate of drug-likeness (QED) is 0.0385. The molecule has 2 saturated heterocycles. The summed E-state index contributed by atoms with van der Waals surface area (Å²) in [6.07, 6.45) is -9.88. The van der Waals surface area contributed by atoms with E-state index in [4.69, 9.17) is 33.5 Å². The maximum atomic E-state index is 12.7. The van der Waals surface area contributed by atoms with E-state index in [9.17, 15) is 55.2 Å². The Morgan fingerprint density at radius 1 is 0.685 bits per heavy atom. The lowest BCUT2D eigenvalue weighted by atomic mass is 9.96. The molecule has 18 nitrogen and oxygen atoms in total. The molecule has 0 aromatic rings. The monoisotopic (exact) mass is 784 g/mol. The van der Waals surface area contributed by atoms with Crippen molar-refractivity contribution in [2.75, 3.05) is 19.8 Å². The van der Waals surface area contributed by atoms with Gasteiger partial charge in [0.1, 0.15) is 49.3 Å². The summed E-state index contributed by atoms with van der Waals surface area (Å²) in [5, 5.41) is 92.0. The van der Waals surface area contributed by atoms with Crippen LogP contribution in [0.25, 0.3) is 0 Å². The normalized spacial score (nSPS) is 30.3. The number of aliphatic carboxylic acids is 1. The molecule has 0 aromatic heterocycles. The number of carbonyl (C=O) groups excluding carboxylic acids is 2. The third kappa shape index (κ3) is 17.0. The highest BCUT2D eigenvalue weighted by molar-refractivity contribution is 5.71. The summed E-state index contributed by atoms with van der Waals surface area (Å²) < 4.78 is 33.4. The summed E-state index contributed by atoms with van der Waals surface area (Å²) in [5.41, 5.74) is 0.